The summed E-state index contributed by atoms with van der Waals surface area (Å²) in [5, 5.41) is 11.4. The fraction of sp³-hybridized carbons (Fsp3) is 0.800. The second-order valence-electron chi connectivity index (χ2n) is 4.02. The van der Waals surface area contributed by atoms with Gasteiger partial charge in [0.1, 0.15) is 0 Å². The molecule has 1 fully saturated rings. The minimum absolute atomic E-state index is 0.115. The van der Waals surface area contributed by atoms with E-state index in [1.54, 1.807) is 7.05 Å². The summed E-state index contributed by atoms with van der Waals surface area (Å²) in [6.07, 6.45) is 1.66. The summed E-state index contributed by atoms with van der Waals surface area (Å²) in [7, 11) is 1.61. The van der Waals surface area contributed by atoms with E-state index in [0.717, 1.165) is 12.8 Å². The van der Waals surface area contributed by atoms with Crippen molar-refractivity contribution in [1.82, 2.24) is 10.2 Å². The summed E-state index contributed by atoms with van der Waals surface area (Å²) < 4.78 is 5.18. The van der Waals surface area contributed by atoms with E-state index < -0.39 is 5.97 Å². The predicted octanol–water partition coefficient (Wildman–Crippen LogP) is -0.702. The Labute approximate surface area is 94.6 Å². The number of amides is 1. The number of hydrogen-bond acceptors (Lipinski definition) is 4. The van der Waals surface area contributed by atoms with Crippen LogP contribution < -0.4 is 5.32 Å². The van der Waals surface area contributed by atoms with Gasteiger partial charge in [0.05, 0.1) is 13.1 Å². The SMILES string of the molecule is CN(CC(=O)O)CC(=O)NC1CCOCC1. The van der Waals surface area contributed by atoms with E-state index in [-0.39, 0.29) is 25.0 Å². The minimum Gasteiger partial charge on any atom is -0.480 e. The number of carbonyl (C=O) groups excluding carboxylic acids is 1. The average Bonchev–Trinajstić information content (AvgIpc) is 2.17. The van der Waals surface area contributed by atoms with E-state index >= 15 is 0 Å². The van der Waals surface area contributed by atoms with Crippen LogP contribution in [0.5, 0.6) is 0 Å². The molecule has 6 nitrogen and oxygen atoms in total. The molecule has 0 atom stereocenters. The van der Waals surface area contributed by atoms with Gasteiger partial charge in [0.25, 0.3) is 0 Å². The fourth-order valence-corrected chi connectivity index (χ4v) is 1.65. The van der Waals surface area contributed by atoms with Gasteiger partial charge in [-0.15, -0.1) is 0 Å². The third-order valence-electron chi connectivity index (χ3n) is 2.41. The molecule has 1 aliphatic heterocycles. The molecule has 0 radical (unpaired) electrons. The number of likely N-dealkylation sites (N-methyl/N-ethyl adjacent to an activating group) is 1. The van der Waals surface area contributed by atoms with Crippen LogP contribution in [-0.2, 0) is 14.3 Å². The van der Waals surface area contributed by atoms with Gasteiger partial charge in [0.15, 0.2) is 0 Å². The van der Waals surface area contributed by atoms with Crippen LogP contribution >= 0.6 is 0 Å². The van der Waals surface area contributed by atoms with Crippen LogP contribution in [0.15, 0.2) is 0 Å². The first-order chi connectivity index (χ1) is 7.58. The molecule has 0 unspecified atom stereocenters. The molecule has 1 heterocycles. The normalized spacial score (nSPS) is 17.4. The summed E-state index contributed by atoms with van der Waals surface area (Å²) >= 11 is 0. The monoisotopic (exact) mass is 230 g/mol. The zero-order valence-electron chi connectivity index (χ0n) is 9.44. The van der Waals surface area contributed by atoms with E-state index in [1.165, 1.54) is 4.90 Å². The van der Waals surface area contributed by atoms with Crippen molar-refractivity contribution in [2.24, 2.45) is 0 Å². The molecular weight excluding hydrogens is 212 g/mol. The van der Waals surface area contributed by atoms with Crippen LogP contribution in [0, 0.1) is 0 Å². The van der Waals surface area contributed by atoms with Crippen molar-refractivity contribution in [2.45, 2.75) is 18.9 Å². The highest BCUT2D eigenvalue weighted by molar-refractivity contribution is 5.79. The Bertz CT molecular complexity index is 251. The van der Waals surface area contributed by atoms with Crippen LogP contribution in [0.1, 0.15) is 12.8 Å². The van der Waals surface area contributed by atoms with Crippen molar-refractivity contribution in [1.29, 1.82) is 0 Å². The van der Waals surface area contributed by atoms with Gasteiger partial charge in [0, 0.05) is 19.3 Å². The molecule has 1 rings (SSSR count). The molecule has 2 N–H and O–H groups in total. The lowest BCUT2D eigenvalue weighted by Crippen LogP contribution is -2.44. The Hall–Kier alpha value is -1.14. The second-order valence-corrected chi connectivity index (χ2v) is 4.02. The Morgan fingerprint density at radius 2 is 2.00 bits per heavy atom. The largest absolute Gasteiger partial charge is 0.480 e. The van der Waals surface area contributed by atoms with Crippen molar-refractivity contribution in [3.8, 4) is 0 Å². The van der Waals surface area contributed by atoms with Gasteiger partial charge < -0.3 is 15.2 Å². The predicted molar refractivity (Wildman–Crippen MR) is 57.1 cm³/mol. The number of nitrogens with zero attached hydrogens (tertiary/aromatic N) is 1. The summed E-state index contributed by atoms with van der Waals surface area (Å²) in [5.74, 6) is -1.06. The molecule has 1 saturated heterocycles. The zero-order valence-corrected chi connectivity index (χ0v) is 9.44. The smallest absolute Gasteiger partial charge is 0.317 e. The lowest BCUT2D eigenvalue weighted by atomic mass is 10.1. The Morgan fingerprint density at radius 1 is 1.38 bits per heavy atom. The molecule has 16 heavy (non-hydrogen) atoms. The summed E-state index contributed by atoms with van der Waals surface area (Å²) in [4.78, 5) is 23.4. The molecule has 92 valence electrons. The number of ether oxygens (including phenoxy) is 1. The zero-order chi connectivity index (χ0) is 12.0. The second kappa shape index (κ2) is 6.44. The molecule has 0 aromatic carbocycles. The quantitative estimate of drug-likeness (QED) is 0.653. The standard InChI is InChI=1S/C10H18N2O4/c1-12(7-10(14)15)6-9(13)11-8-2-4-16-5-3-8/h8H,2-7H2,1H3,(H,11,13)(H,14,15). The van der Waals surface area contributed by atoms with Gasteiger partial charge >= 0.3 is 5.97 Å². The number of carbonyl (C=O) groups is 2. The highest BCUT2D eigenvalue weighted by atomic mass is 16.5. The number of carboxylic acid groups (broad SMARTS) is 1. The first-order valence-electron chi connectivity index (χ1n) is 5.35. The number of carboxylic acids is 1. The van der Waals surface area contributed by atoms with Crippen molar-refractivity contribution in [3.63, 3.8) is 0 Å². The third kappa shape index (κ3) is 5.09. The molecule has 0 aromatic rings. The van der Waals surface area contributed by atoms with Gasteiger partial charge in [-0.1, -0.05) is 0 Å². The number of hydrogen-bond donors (Lipinski definition) is 2. The van der Waals surface area contributed by atoms with Crippen molar-refractivity contribution >= 4 is 11.9 Å². The lowest BCUT2D eigenvalue weighted by Gasteiger charge is -2.24. The number of aliphatic carboxylic acids is 1. The van der Waals surface area contributed by atoms with E-state index in [0.29, 0.717) is 13.2 Å². The molecular formula is C10H18N2O4. The first kappa shape index (κ1) is 12.9. The van der Waals surface area contributed by atoms with Gasteiger partial charge in [-0.25, -0.2) is 0 Å². The molecule has 0 aromatic heterocycles. The Balaban J connectivity index is 2.21. The molecule has 0 saturated carbocycles. The van der Waals surface area contributed by atoms with Crippen LogP contribution in [0.2, 0.25) is 0 Å². The molecule has 1 amide bonds. The lowest BCUT2D eigenvalue weighted by molar-refractivity contribution is -0.138. The minimum atomic E-state index is -0.929. The Morgan fingerprint density at radius 3 is 2.56 bits per heavy atom. The maximum atomic E-state index is 11.5. The van der Waals surface area contributed by atoms with Crippen molar-refractivity contribution in [2.75, 3.05) is 33.4 Å². The highest BCUT2D eigenvalue weighted by Crippen LogP contribution is 2.05. The van der Waals surface area contributed by atoms with Crippen molar-refractivity contribution < 1.29 is 19.4 Å². The Kier molecular flexibility index (Phi) is 5.21. The van der Waals surface area contributed by atoms with Crippen LogP contribution in [0.25, 0.3) is 0 Å². The van der Waals surface area contributed by atoms with Gasteiger partial charge in [-0.2, -0.15) is 0 Å². The summed E-state index contributed by atoms with van der Waals surface area (Å²) in [5.41, 5.74) is 0. The maximum absolute atomic E-state index is 11.5. The first-order valence-corrected chi connectivity index (χ1v) is 5.35. The van der Waals surface area contributed by atoms with Crippen LogP contribution in [-0.4, -0.2) is 61.3 Å². The fourth-order valence-electron chi connectivity index (χ4n) is 1.65. The van der Waals surface area contributed by atoms with E-state index in [2.05, 4.69) is 5.32 Å². The molecule has 1 aliphatic rings. The van der Waals surface area contributed by atoms with E-state index in [1.807, 2.05) is 0 Å². The molecule has 0 bridgehead atoms. The van der Waals surface area contributed by atoms with Crippen molar-refractivity contribution in [3.05, 3.63) is 0 Å². The number of rotatable bonds is 5. The maximum Gasteiger partial charge on any atom is 0.317 e. The van der Waals surface area contributed by atoms with Crippen LogP contribution in [0.3, 0.4) is 0 Å². The van der Waals surface area contributed by atoms with E-state index in [4.69, 9.17) is 9.84 Å². The summed E-state index contributed by atoms with van der Waals surface area (Å²) in [6, 6.07) is 0.166. The van der Waals surface area contributed by atoms with Crippen LogP contribution in [0.4, 0.5) is 0 Å². The van der Waals surface area contributed by atoms with Gasteiger partial charge in [-0.3, -0.25) is 14.5 Å². The molecule has 6 heteroatoms. The van der Waals surface area contributed by atoms with Gasteiger partial charge in [0.2, 0.25) is 5.91 Å². The highest BCUT2D eigenvalue weighted by Gasteiger charge is 2.17. The van der Waals surface area contributed by atoms with E-state index in [9.17, 15) is 9.59 Å². The third-order valence-corrected chi connectivity index (χ3v) is 2.41. The topological polar surface area (TPSA) is 78.9 Å². The summed E-state index contributed by atoms with van der Waals surface area (Å²) in [6.45, 7) is 1.34. The average molecular weight is 230 g/mol. The molecule has 0 aliphatic carbocycles. The molecule has 0 spiro atoms. The van der Waals surface area contributed by atoms with Gasteiger partial charge in [-0.05, 0) is 19.9 Å². The number of nitrogens with one attached hydrogen (secondary N) is 1.